The van der Waals surface area contributed by atoms with Gasteiger partial charge in [0.1, 0.15) is 4.90 Å². The average molecular weight is 337 g/mol. The van der Waals surface area contributed by atoms with E-state index >= 15 is 0 Å². The van der Waals surface area contributed by atoms with E-state index in [1.54, 1.807) is 0 Å². The van der Waals surface area contributed by atoms with E-state index < -0.39 is 9.84 Å². The number of nitrogens with zero attached hydrogens (tertiary/aromatic N) is 4. The van der Waals surface area contributed by atoms with Gasteiger partial charge in [-0.05, 0) is 26.3 Å². The second-order valence-corrected chi connectivity index (χ2v) is 8.09. The van der Waals surface area contributed by atoms with Crippen LogP contribution in [0.2, 0.25) is 0 Å². The van der Waals surface area contributed by atoms with E-state index in [1.807, 2.05) is 10.9 Å². The number of nitrogens with one attached hydrogen (secondary N) is 1. The van der Waals surface area contributed by atoms with Gasteiger partial charge in [0, 0.05) is 31.1 Å². The minimum atomic E-state index is -3.27. The molecule has 2 aromatic heterocycles. The Balaban J connectivity index is 1.86. The molecule has 1 aliphatic rings. The van der Waals surface area contributed by atoms with Crippen molar-refractivity contribution in [3.05, 3.63) is 29.8 Å². The fourth-order valence-electron chi connectivity index (χ4n) is 3.22. The number of aromatic nitrogens is 4. The van der Waals surface area contributed by atoms with Gasteiger partial charge < -0.3 is 0 Å². The van der Waals surface area contributed by atoms with Crippen LogP contribution in [0.1, 0.15) is 43.5 Å². The Bertz CT molecular complexity index is 764. The molecule has 0 unspecified atom stereocenters. The second kappa shape index (κ2) is 6.45. The summed E-state index contributed by atoms with van der Waals surface area (Å²) in [4.78, 5) is 2.64. The zero-order valence-electron chi connectivity index (χ0n) is 13.6. The summed E-state index contributed by atoms with van der Waals surface area (Å²) >= 11 is 0. The standard InChI is InChI=1S/C15H23N5O2S/c1-3-20-11-12(8-17-20)10-19-7-5-4-6-13(19)15-14(9-16-18-15)23(2,21)22/h8-9,11,13H,3-7,10H2,1-2H3,(H,16,18)/t13-/m1/s1. The van der Waals surface area contributed by atoms with Gasteiger partial charge in [-0.3, -0.25) is 14.7 Å². The van der Waals surface area contributed by atoms with Crippen molar-refractivity contribution in [3.8, 4) is 0 Å². The first-order valence-corrected chi connectivity index (χ1v) is 9.87. The Morgan fingerprint density at radius 2 is 2.17 bits per heavy atom. The predicted molar refractivity (Wildman–Crippen MR) is 86.6 cm³/mol. The summed E-state index contributed by atoms with van der Waals surface area (Å²) in [6.45, 7) is 4.63. The fourth-order valence-corrected chi connectivity index (χ4v) is 4.05. The molecule has 1 aliphatic heterocycles. The van der Waals surface area contributed by atoms with Crippen molar-refractivity contribution >= 4 is 9.84 Å². The summed E-state index contributed by atoms with van der Waals surface area (Å²) in [5.74, 6) is 0. The molecule has 1 fully saturated rings. The van der Waals surface area contributed by atoms with E-state index in [-0.39, 0.29) is 6.04 Å². The number of rotatable bonds is 5. The topological polar surface area (TPSA) is 83.9 Å². The van der Waals surface area contributed by atoms with E-state index in [0.29, 0.717) is 4.90 Å². The smallest absolute Gasteiger partial charge is 0.178 e. The zero-order chi connectivity index (χ0) is 16.4. The van der Waals surface area contributed by atoms with Crippen LogP contribution in [0.15, 0.2) is 23.5 Å². The number of hydrogen-bond donors (Lipinski definition) is 1. The Labute approximate surface area is 136 Å². The lowest BCUT2D eigenvalue weighted by molar-refractivity contribution is 0.135. The van der Waals surface area contributed by atoms with Crippen LogP contribution < -0.4 is 0 Å². The van der Waals surface area contributed by atoms with Crippen molar-refractivity contribution in [2.45, 2.75) is 50.2 Å². The third-order valence-corrected chi connectivity index (χ3v) is 5.50. The molecule has 1 N–H and O–H groups in total. The van der Waals surface area contributed by atoms with E-state index in [0.717, 1.165) is 50.2 Å². The van der Waals surface area contributed by atoms with Crippen LogP contribution in [-0.2, 0) is 22.9 Å². The van der Waals surface area contributed by atoms with Crippen LogP contribution in [0, 0.1) is 0 Å². The van der Waals surface area contributed by atoms with Gasteiger partial charge in [-0.25, -0.2) is 8.42 Å². The molecule has 7 nitrogen and oxygen atoms in total. The van der Waals surface area contributed by atoms with Gasteiger partial charge in [-0.15, -0.1) is 0 Å². The molecule has 1 atom stereocenters. The SMILES string of the molecule is CCn1cc(CN2CCCC[C@@H]2c2[nH]ncc2S(C)(=O)=O)cn1. The van der Waals surface area contributed by atoms with Crippen molar-refractivity contribution in [2.24, 2.45) is 0 Å². The highest BCUT2D eigenvalue weighted by Crippen LogP contribution is 2.34. The first-order valence-electron chi connectivity index (χ1n) is 7.97. The van der Waals surface area contributed by atoms with E-state index in [1.165, 1.54) is 12.5 Å². The number of hydrogen-bond acceptors (Lipinski definition) is 5. The van der Waals surface area contributed by atoms with Crippen molar-refractivity contribution < 1.29 is 8.42 Å². The zero-order valence-corrected chi connectivity index (χ0v) is 14.4. The molecule has 8 heteroatoms. The highest BCUT2D eigenvalue weighted by molar-refractivity contribution is 7.90. The third-order valence-electron chi connectivity index (χ3n) is 4.37. The maximum Gasteiger partial charge on any atom is 0.178 e. The number of H-pyrrole nitrogens is 1. The van der Waals surface area contributed by atoms with Crippen molar-refractivity contribution in [1.82, 2.24) is 24.9 Å². The van der Waals surface area contributed by atoms with Crippen LogP contribution >= 0.6 is 0 Å². The van der Waals surface area contributed by atoms with Gasteiger partial charge in [0.2, 0.25) is 0 Å². The number of sulfone groups is 1. The minimum absolute atomic E-state index is 0.0564. The van der Waals surface area contributed by atoms with Crippen molar-refractivity contribution in [3.63, 3.8) is 0 Å². The Hall–Kier alpha value is -1.67. The second-order valence-electron chi connectivity index (χ2n) is 6.11. The largest absolute Gasteiger partial charge is 0.290 e. The Kier molecular flexibility index (Phi) is 4.54. The van der Waals surface area contributed by atoms with Gasteiger partial charge in [0.05, 0.1) is 24.1 Å². The quantitative estimate of drug-likeness (QED) is 0.899. The molecule has 2 aromatic rings. The summed E-state index contributed by atoms with van der Waals surface area (Å²) in [7, 11) is -3.27. The molecule has 0 spiro atoms. The number of aromatic amines is 1. The molecule has 23 heavy (non-hydrogen) atoms. The molecular weight excluding hydrogens is 314 g/mol. The lowest BCUT2D eigenvalue weighted by Crippen LogP contribution is -2.33. The first-order chi connectivity index (χ1) is 11.0. The van der Waals surface area contributed by atoms with E-state index in [9.17, 15) is 8.42 Å². The lowest BCUT2D eigenvalue weighted by atomic mass is 9.99. The molecule has 0 saturated carbocycles. The minimum Gasteiger partial charge on any atom is -0.290 e. The van der Waals surface area contributed by atoms with Gasteiger partial charge in [0.15, 0.2) is 9.84 Å². The summed E-state index contributed by atoms with van der Waals surface area (Å²) in [5, 5.41) is 11.2. The van der Waals surface area contributed by atoms with Crippen LogP contribution in [-0.4, -0.2) is 46.1 Å². The summed E-state index contributed by atoms with van der Waals surface area (Å²) in [6, 6.07) is 0.0564. The molecule has 1 saturated heterocycles. The van der Waals surface area contributed by atoms with Gasteiger partial charge in [0.25, 0.3) is 0 Å². The summed E-state index contributed by atoms with van der Waals surface area (Å²) < 4.78 is 25.9. The molecular formula is C15H23N5O2S. The summed E-state index contributed by atoms with van der Waals surface area (Å²) in [5.41, 5.74) is 1.87. The molecule has 3 rings (SSSR count). The predicted octanol–water partition coefficient (Wildman–Crippen LogP) is 1.76. The lowest BCUT2D eigenvalue weighted by Gasteiger charge is -2.35. The Morgan fingerprint density at radius 1 is 1.35 bits per heavy atom. The third kappa shape index (κ3) is 3.48. The molecule has 0 radical (unpaired) electrons. The maximum absolute atomic E-state index is 12.0. The molecule has 0 aromatic carbocycles. The molecule has 0 amide bonds. The average Bonchev–Trinajstić information content (AvgIpc) is 3.16. The normalized spacial score (nSPS) is 20.0. The molecule has 0 bridgehead atoms. The highest BCUT2D eigenvalue weighted by Gasteiger charge is 2.30. The number of aryl methyl sites for hydroxylation is 1. The van der Waals surface area contributed by atoms with Crippen LogP contribution in [0.4, 0.5) is 0 Å². The maximum atomic E-state index is 12.0. The van der Waals surface area contributed by atoms with E-state index in [2.05, 4.69) is 33.3 Å². The van der Waals surface area contributed by atoms with E-state index in [4.69, 9.17) is 0 Å². The Morgan fingerprint density at radius 3 is 2.87 bits per heavy atom. The highest BCUT2D eigenvalue weighted by atomic mass is 32.2. The molecule has 3 heterocycles. The summed E-state index contributed by atoms with van der Waals surface area (Å²) in [6.07, 6.45) is 9.76. The van der Waals surface area contributed by atoms with Crippen LogP contribution in [0.25, 0.3) is 0 Å². The molecule has 126 valence electrons. The molecule has 0 aliphatic carbocycles. The fraction of sp³-hybridized carbons (Fsp3) is 0.600. The first kappa shape index (κ1) is 16.2. The number of likely N-dealkylation sites (tertiary alicyclic amines) is 1. The number of piperidine rings is 1. The van der Waals surface area contributed by atoms with Crippen LogP contribution in [0.5, 0.6) is 0 Å². The van der Waals surface area contributed by atoms with Crippen molar-refractivity contribution in [2.75, 3.05) is 12.8 Å². The monoisotopic (exact) mass is 337 g/mol. The van der Waals surface area contributed by atoms with Gasteiger partial charge in [-0.1, -0.05) is 6.42 Å². The van der Waals surface area contributed by atoms with Crippen LogP contribution in [0.3, 0.4) is 0 Å². The van der Waals surface area contributed by atoms with Crippen molar-refractivity contribution in [1.29, 1.82) is 0 Å². The van der Waals surface area contributed by atoms with Gasteiger partial charge >= 0.3 is 0 Å². The van der Waals surface area contributed by atoms with Gasteiger partial charge in [-0.2, -0.15) is 10.2 Å².